The van der Waals surface area contributed by atoms with Gasteiger partial charge in [0.05, 0.1) is 0 Å². The van der Waals surface area contributed by atoms with E-state index in [2.05, 4.69) is 10.2 Å². The van der Waals surface area contributed by atoms with Gasteiger partial charge in [0.1, 0.15) is 0 Å². The highest BCUT2D eigenvalue weighted by Gasteiger charge is 1.97. The smallest absolute Gasteiger partial charge is 0.218 e. The molecule has 0 saturated carbocycles. The van der Waals surface area contributed by atoms with Crippen molar-refractivity contribution >= 4 is 5.69 Å². The molecule has 1 heterocycles. The van der Waals surface area contributed by atoms with Gasteiger partial charge in [0.15, 0.2) is 5.69 Å². The van der Waals surface area contributed by atoms with Crippen molar-refractivity contribution in [2.24, 2.45) is 5.18 Å². The van der Waals surface area contributed by atoms with Gasteiger partial charge in [0.25, 0.3) is 0 Å². The summed E-state index contributed by atoms with van der Waals surface area (Å²) >= 11 is 0. The summed E-state index contributed by atoms with van der Waals surface area (Å²) in [7, 11) is 0. The molecule has 0 aliphatic heterocycles. The summed E-state index contributed by atoms with van der Waals surface area (Å²) in [6, 6.07) is 1.39. The Labute approximate surface area is 45.1 Å². The van der Waals surface area contributed by atoms with Crippen molar-refractivity contribution in [1.29, 1.82) is 0 Å². The molecule has 0 atom stereocenters. The predicted molar refractivity (Wildman–Crippen MR) is 27.9 cm³/mol. The summed E-state index contributed by atoms with van der Waals surface area (Å²) < 4.78 is 0. The third-order valence-corrected chi connectivity index (χ3v) is 0.802. The number of nitroso groups, excluding NO2 is 1. The Morgan fingerprint density at radius 2 is 2.50 bits per heavy atom. The van der Waals surface area contributed by atoms with Crippen LogP contribution in [0.2, 0.25) is 0 Å². The van der Waals surface area contributed by atoms with Gasteiger partial charge in [-0.3, -0.25) is 0 Å². The average Bonchev–Trinajstić information content (AvgIpc) is 2.14. The zero-order chi connectivity index (χ0) is 5.98. The first-order valence-electron chi connectivity index (χ1n) is 2.04. The van der Waals surface area contributed by atoms with Crippen LogP contribution in [0.3, 0.4) is 0 Å². The fourth-order valence-corrected chi connectivity index (χ4v) is 0.426. The summed E-state index contributed by atoms with van der Waals surface area (Å²) in [5, 5.41) is 11.1. The standard InChI is InChI=1S/C4H4N2O2/c7-4-3(6-8)1-2-5-4/h1-2,5,7H. The van der Waals surface area contributed by atoms with Gasteiger partial charge in [-0.2, -0.15) is 0 Å². The van der Waals surface area contributed by atoms with Crippen LogP contribution in [0.5, 0.6) is 5.88 Å². The molecule has 0 aliphatic carbocycles. The van der Waals surface area contributed by atoms with E-state index in [9.17, 15) is 4.91 Å². The van der Waals surface area contributed by atoms with E-state index in [1.165, 1.54) is 12.3 Å². The Balaban J connectivity index is 3.09. The Morgan fingerprint density at radius 3 is 2.75 bits per heavy atom. The fraction of sp³-hybridized carbons (Fsp3) is 0. The minimum absolute atomic E-state index is 0.0463. The molecule has 1 aromatic heterocycles. The van der Waals surface area contributed by atoms with E-state index in [0.717, 1.165) is 0 Å². The van der Waals surface area contributed by atoms with Crippen molar-refractivity contribution in [2.45, 2.75) is 0 Å². The van der Waals surface area contributed by atoms with Gasteiger partial charge >= 0.3 is 0 Å². The van der Waals surface area contributed by atoms with Crippen molar-refractivity contribution in [1.82, 2.24) is 4.98 Å². The average molecular weight is 112 g/mol. The largest absolute Gasteiger partial charge is 0.493 e. The molecule has 0 aliphatic rings. The number of nitrogens with zero attached hydrogens (tertiary/aromatic N) is 1. The third kappa shape index (κ3) is 0.556. The van der Waals surface area contributed by atoms with Gasteiger partial charge in [-0.15, -0.1) is 4.91 Å². The van der Waals surface area contributed by atoms with E-state index in [1.54, 1.807) is 0 Å². The van der Waals surface area contributed by atoms with Crippen LogP contribution in [0.1, 0.15) is 0 Å². The summed E-state index contributed by atoms with van der Waals surface area (Å²) in [5.74, 6) is -0.181. The lowest BCUT2D eigenvalue weighted by molar-refractivity contribution is 0.458. The first-order chi connectivity index (χ1) is 3.84. The number of hydrogen-bond donors (Lipinski definition) is 2. The summed E-state index contributed by atoms with van der Waals surface area (Å²) in [6.45, 7) is 0. The van der Waals surface area contributed by atoms with Gasteiger partial charge in [0, 0.05) is 6.20 Å². The monoisotopic (exact) mass is 112 g/mol. The van der Waals surface area contributed by atoms with Crippen LogP contribution in [0.15, 0.2) is 17.4 Å². The summed E-state index contributed by atoms with van der Waals surface area (Å²) in [4.78, 5) is 12.0. The Kier molecular flexibility index (Phi) is 0.997. The normalized spacial score (nSPS) is 9.00. The second kappa shape index (κ2) is 1.65. The quantitative estimate of drug-likeness (QED) is 0.534. The minimum Gasteiger partial charge on any atom is -0.493 e. The molecule has 0 saturated heterocycles. The lowest BCUT2D eigenvalue weighted by atomic mass is 10.5. The lowest BCUT2D eigenvalue weighted by Gasteiger charge is -1.78. The summed E-state index contributed by atoms with van der Waals surface area (Å²) in [5.41, 5.74) is 0.0463. The van der Waals surface area contributed by atoms with E-state index in [1.807, 2.05) is 0 Å². The molecule has 8 heavy (non-hydrogen) atoms. The van der Waals surface area contributed by atoms with Crippen LogP contribution in [-0.4, -0.2) is 10.1 Å². The van der Waals surface area contributed by atoms with Crippen molar-refractivity contribution in [2.75, 3.05) is 0 Å². The molecule has 0 bridgehead atoms. The molecular weight excluding hydrogens is 108 g/mol. The number of aromatic amines is 1. The van der Waals surface area contributed by atoms with E-state index >= 15 is 0 Å². The highest BCUT2D eigenvalue weighted by atomic mass is 16.3. The van der Waals surface area contributed by atoms with Gasteiger partial charge < -0.3 is 10.1 Å². The number of nitrogens with one attached hydrogen (secondary N) is 1. The summed E-state index contributed by atoms with van der Waals surface area (Å²) in [6.07, 6.45) is 1.44. The van der Waals surface area contributed by atoms with Gasteiger partial charge in [-0.05, 0) is 11.2 Å². The molecule has 1 aromatic rings. The number of aromatic nitrogens is 1. The molecule has 42 valence electrons. The second-order valence-corrected chi connectivity index (χ2v) is 1.30. The molecule has 0 spiro atoms. The molecule has 4 nitrogen and oxygen atoms in total. The number of H-pyrrole nitrogens is 1. The van der Waals surface area contributed by atoms with Gasteiger partial charge in [0.2, 0.25) is 5.88 Å². The van der Waals surface area contributed by atoms with Crippen LogP contribution in [0.4, 0.5) is 5.69 Å². The molecule has 0 fully saturated rings. The Hall–Kier alpha value is -1.32. The third-order valence-electron chi connectivity index (χ3n) is 0.802. The number of rotatable bonds is 1. The van der Waals surface area contributed by atoms with Crippen molar-refractivity contribution in [3.05, 3.63) is 17.2 Å². The molecule has 0 unspecified atom stereocenters. The first-order valence-corrected chi connectivity index (χ1v) is 2.04. The molecular formula is C4H4N2O2. The van der Waals surface area contributed by atoms with E-state index in [-0.39, 0.29) is 11.6 Å². The van der Waals surface area contributed by atoms with Crippen molar-refractivity contribution in [3.8, 4) is 5.88 Å². The fourth-order valence-electron chi connectivity index (χ4n) is 0.426. The van der Waals surface area contributed by atoms with Crippen LogP contribution < -0.4 is 0 Å². The maximum Gasteiger partial charge on any atom is 0.218 e. The zero-order valence-corrected chi connectivity index (χ0v) is 3.96. The highest BCUT2D eigenvalue weighted by molar-refractivity contribution is 5.45. The van der Waals surface area contributed by atoms with Crippen molar-refractivity contribution in [3.63, 3.8) is 0 Å². The number of aromatic hydroxyl groups is 1. The molecule has 1 rings (SSSR count). The lowest BCUT2D eigenvalue weighted by Crippen LogP contribution is -1.56. The SMILES string of the molecule is O=Nc1cc[nH]c1O. The molecule has 2 N–H and O–H groups in total. The molecule has 4 heteroatoms. The Bertz CT molecular complexity index is 194. The van der Waals surface area contributed by atoms with Crippen LogP contribution >= 0.6 is 0 Å². The van der Waals surface area contributed by atoms with Crippen LogP contribution in [0, 0.1) is 4.91 Å². The van der Waals surface area contributed by atoms with Crippen LogP contribution in [0.25, 0.3) is 0 Å². The first kappa shape index (κ1) is 4.83. The maximum absolute atomic E-state index is 9.66. The van der Waals surface area contributed by atoms with Crippen LogP contribution in [-0.2, 0) is 0 Å². The van der Waals surface area contributed by atoms with Gasteiger partial charge in [-0.1, -0.05) is 0 Å². The van der Waals surface area contributed by atoms with E-state index in [0.29, 0.717) is 0 Å². The molecule has 0 radical (unpaired) electrons. The Morgan fingerprint density at radius 1 is 1.75 bits per heavy atom. The van der Waals surface area contributed by atoms with E-state index in [4.69, 9.17) is 5.11 Å². The number of hydrogen-bond acceptors (Lipinski definition) is 3. The van der Waals surface area contributed by atoms with E-state index < -0.39 is 0 Å². The topological polar surface area (TPSA) is 65.5 Å². The maximum atomic E-state index is 9.66. The minimum atomic E-state index is -0.181. The molecule has 0 aromatic carbocycles. The van der Waals surface area contributed by atoms with Gasteiger partial charge in [-0.25, -0.2) is 0 Å². The second-order valence-electron chi connectivity index (χ2n) is 1.30. The van der Waals surface area contributed by atoms with Crippen molar-refractivity contribution < 1.29 is 5.11 Å². The molecule has 0 amide bonds. The zero-order valence-electron chi connectivity index (χ0n) is 3.96. The highest BCUT2D eigenvalue weighted by Crippen LogP contribution is 2.22. The predicted octanol–water partition coefficient (Wildman–Crippen LogP) is 1.12.